The third-order valence-electron chi connectivity index (χ3n) is 5.13. The zero-order valence-electron chi connectivity index (χ0n) is 14.8. The first-order valence-electron chi connectivity index (χ1n) is 8.50. The van der Waals surface area contributed by atoms with Crippen molar-refractivity contribution in [2.24, 2.45) is 0 Å². The van der Waals surface area contributed by atoms with Gasteiger partial charge in [0.2, 0.25) is 0 Å². The Morgan fingerprint density at radius 1 is 1.32 bits per heavy atom. The number of amides is 2. The molecule has 8 heteroatoms. The molecule has 0 radical (unpaired) electrons. The topological polar surface area (TPSA) is 75.9 Å². The average Bonchev–Trinajstić information content (AvgIpc) is 3.13. The number of carbonyl (C=O) groups excluding carboxylic acids is 1. The molecule has 7 nitrogen and oxygen atoms in total. The van der Waals surface area contributed by atoms with Crippen LogP contribution in [0.3, 0.4) is 0 Å². The molecule has 1 heterocycles. The second kappa shape index (κ2) is 7.00. The minimum absolute atomic E-state index is 0.140. The van der Waals surface area contributed by atoms with E-state index in [0.29, 0.717) is 10.8 Å². The lowest BCUT2D eigenvalue weighted by Crippen LogP contribution is -2.52. The summed E-state index contributed by atoms with van der Waals surface area (Å²) < 4.78 is 1.70. The van der Waals surface area contributed by atoms with Crippen molar-refractivity contribution < 1.29 is 4.79 Å². The van der Waals surface area contributed by atoms with Gasteiger partial charge in [0.05, 0.1) is 5.69 Å². The molecule has 2 amide bonds. The molecule has 1 saturated carbocycles. The van der Waals surface area contributed by atoms with E-state index in [1.165, 1.54) is 0 Å². The Morgan fingerprint density at radius 2 is 2.04 bits per heavy atom. The maximum atomic E-state index is 12.4. The molecular formula is C17H23ClN6O. The van der Waals surface area contributed by atoms with Gasteiger partial charge in [0, 0.05) is 19.1 Å². The molecule has 1 fully saturated rings. The first-order chi connectivity index (χ1) is 12.0. The fourth-order valence-electron chi connectivity index (χ4n) is 3.57. The van der Waals surface area contributed by atoms with E-state index in [2.05, 4.69) is 20.8 Å². The summed E-state index contributed by atoms with van der Waals surface area (Å²) in [6.45, 7) is 1.95. The quantitative estimate of drug-likeness (QED) is 0.910. The van der Waals surface area contributed by atoms with Gasteiger partial charge in [-0.1, -0.05) is 36.9 Å². The molecule has 1 aromatic carbocycles. The predicted molar refractivity (Wildman–Crippen MR) is 95.9 cm³/mol. The fourth-order valence-corrected chi connectivity index (χ4v) is 3.75. The SMILES string of the molecule is CNC(=O)N(C)C1(c2nnnn2-c2ccc(C)c(Cl)c2)CCCCC1. The number of aryl methyl sites for hydroxylation is 1. The van der Waals surface area contributed by atoms with Crippen LogP contribution in [0, 0.1) is 6.92 Å². The fraction of sp³-hybridized carbons (Fsp3) is 0.529. The number of halogens is 1. The lowest BCUT2D eigenvalue weighted by Gasteiger charge is -2.43. The molecule has 134 valence electrons. The lowest BCUT2D eigenvalue weighted by molar-refractivity contribution is 0.0873. The first-order valence-corrected chi connectivity index (χ1v) is 8.88. The summed E-state index contributed by atoms with van der Waals surface area (Å²) in [6.07, 6.45) is 4.88. The van der Waals surface area contributed by atoms with Crippen LogP contribution in [0.1, 0.15) is 43.5 Å². The standard InChI is InChI=1S/C17H23ClN6O/c1-12-7-8-13(11-14(12)18)24-15(20-21-22-24)17(9-5-4-6-10-17)23(3)16(25)19-2/h7-8,11H,4-6,9-10H2,1-3H3,(H,19,25). The van der Waals surface area contributed by atoms with Gasteiger partial charge in [-0.3, -0.25) is 0 Å². The van der Waals surface area contributed by atoms with Crippen molar-refractivity contribution in [1.82, 2.24) is 30.4 Å². The summed E-state index contributed by atoms with van der Waals surface area (Å²) in [5.41, 5.74) is 1.26. The minimum Gasteiger partial charge on any atom is -0.341 e. The number of carbonyl (C=O) groups is 1. The number of tetrazole rings is 1. The number of hydrogen-bond acceptors (Lipinski definition) is 4. The van der Waals surface area contributed by atoms with Gasteiger partial charge >= 0.3 is 6.03 Å². The first kappa shape index (κ1) is 17.7. The normalized spacial score (nSPS) is 16.5. The van der Waals surface area contributed by atoms with Crippen molar-refractivity contribution in [2.45, 2.75) is 44.6 Å². The van der Waals surface area contributed by atoms with Crippen molar-refractivity contribution >= 4 is 17.6 Å². The molecule has 0 saturated heterocycles. The van der Waals surface area contributed by atoms with Crippen LogP contribution in [0.5, 0.6) is 0 Å². The van der Waals surface area contributed by atoms with Crippen LogP contribution < -0.4 is 5.32 Å². The Hall–Kier alpha value is -2.15. The Morgan fingerprint density at radius 3 is 2.68 bits per heavy atom. The Bertz CT molecular complexity index is 768. The third kappa shape index (κ3) is 3.08. The van der Waals surface area contributed by atoms with Crippen LogP contribution in [0.25, 0.3) is 5.69 Å². The minimum atomic E-state index is -0.529. The van der Waals surface area contributed by atoms with Crippen molar-refractivity contribution in [3.8, 4) is 5.69 Å². The summed E-state index contributed by atoms with van der Waals surface area (Å²) in [5.74, 6) is 0.679. The van der Waals surface area contributed by atoms with E-state index >= 15 is 0 Å². The molecule has 0 bridgehead atoms. The molecule has 0 spiro atoms. The molecule has 1 aromatic heterocycles. The number of benzene rings is 1. The Labute approximate surface area is 152 Å². The molecule has 1 N–H and O–H groups in total. The predicted octanol–water partition coefficient (Wildman–Crippen LogP) is 3.05. The molecule has 0 aliphatic heterocycles. The Balaban J connectivity index is 2.10. The van der Waals surface area contributed by atoms with Crippen molar-refractivity contribution in [3.05, 3.63) is 34.6 Å². The largest absolute Gasteiger partial charge is 0.341 e. The van der Waals surface area contributed by atoms with E-state index < -0.39 is 5.54 Å². The van der Waals surface area contributed by atoms with Crippen LogP contribution in [0.4, 0.5) is 4.79 Å². The summed E-state index contributed by atoms with van der Waals surface area (Å²) in [4.78, 5) is 14.1. The van der Waals surface area contributed by atoms with Crippen LogP contribution >= 0.6 is 11.6 Å². The second-order valence-corrected chi connectivity index (χ2v) is 6.96. The maximum absolute atomic E-state index is 12.4. The lowest BCUT2D eigenvalue weighted by atomic mass is 9.79. The summed E-state index contributed by atoms with van der Waals surface area (Å²) in [7, 11) is 3.45. The number of urea groups is 1. The van der Waals surface area contributed by atoms with E-state index in [0.717, 1.165) is 43.4 Å². The van der Waals surface area contributed by atoms with Crippen molar-refractivity contribution in [2.75, 3.05) is 14.1 Å². The summed E-state index contributed by atoms with van der Waals surface area (Å²) in [5, 5.41) is 15.8. The number of aromatic nitrogens is 4. The van der Waals surface area contributed by atoms with E-state index in [1.54, 1.807) is 16.6 Å². The van der Waals surface area contributed by atoms with Gasteiger partial charge in [0.25, 0.3) is 0 Å². The molecule has 25 heavy (non-hydrogen) atoms. The van der Waals surface area contributed by atoms with E-state index in [4.69, 9.17) is 11.6 Å². The number of hydrogen-bond donors (Lipinski definition) is 1. The number of nitrogens with zero attached hydrogens (tertiary/aromatic N) is 5. The van der Waals surface area contributed by atoms with Crippen LogP contribution in [-0.2, 0) is 5.54 Å². The molecule has 3 rings (SSSR count). The zero-order chi connectivity index (χ0) is 18.0. The van der Waals surface area contributed by atoms with Gasteiger partial charge < -0.3 is 10.2 Å². The molecule has 1 aliphatic rings. The average molecular weight is 363 g/mol. The second-order valence-electron chi connectivity index (χ2n) is 6.55. The molecule has 0 atom stereocenters. The van der Waals surface area contributed by atoms with E-state index in [9.17, 15) is 4.79 Å². The highest BCUT2D eigenvalue weighted by Crippen LogP contribution is 2.41. The summed E-state index contributed by atoms with van der Waals surface area (Å²) >= 11 is 6.28. The Kier molecular flexibility index (Phi) is 4.94. The third-order valence-corrected chi connectivity index (χ3v) is 5.53. The van der Waals surface area contributed by atoms with Crippen LogP contribution in [0.2, 0.25) is 5.02 Å². The van der Waals surface area contributed by atoms with Gasteiger partial charge in [-0.15, -0.1) is 5.10 Å². The van der Waals surface area contributed by atoms with Crippen LogP contribution in [0.15, 0.2) is 18.2 Å². The van der Waals surface area contributed by atoms with Crippen LogP contribution in [-0.4, -0.2) is 45.2 Å². The van der Waals surface area contributed by atoms with Gasteiger partial charge in [0.15, 0.2) is 5.82 Å². The maximum Gasteiger partial charge on any atom is 0.317 e. The number of rotatable bonds is 3. The van der Waals surface area contributed by atoms with Gasteiger partial charge in [-0.2, -0.15) is 4.68 Å². The van der Waals surface area contributed by atoms with E-state index in [-0.39, 0.29) is 6.03 Å². The monoisotopic (exact) mass is 362 g/mol. The molecular weight excluding hydrogens is 340 g/mol. The van der Waals surface area contributed by atoms with Crippen molar-refractivity contribution in [3.63, 3.8) is 0 Å². The van der Waals surface area contributed by atoms with Gasteiger partial charge in [-0.25, -0.2) is 4.79 Å². The van der Waals surface area contributed by atoms with Crippen molar-refractivity contribution in [1.29, 1.82) is 0 Å². The number of nitrogens with one attached hydrogen (secondary N) is 1. The highest BCUT2D eigenvalue weighted by atomic mass is 35.5. The zero-order valence-corrected chi connectivity index (χ0v) is 15.5. The highest BCUT2D eigenvalue weighted by molar-refractivity contribution is 6.31. The molecule has 0 unspecified atom stereocenters. The smallest absolute Gasteiger partial charge is 0.317 e. The molecule has 2 aromatic rings. The molecule has 1 aliphatic carbocycles. The van der Waals surface area contributed by atoms with Gasteiger partial charge in [0.1, 0.15) is 5.54 Å². The highest BCUT2D eigenvalue weighted by Gasteiger charge is 2.44. The summed E-state index contributed by atoms with van der Waals surface area (Å²) in [6, 6.07) is 5.60. The van der Waals surface area contributed by atoms with E-state index in [1.807, 2.05) is 32.2 Å². The van der Waals surface area contributed by atoms with Gasteiger partial charge in [-0.05, 0) is 47.9 Å².